The van der Waals surface area contributed by atoms with E-state index in [1.165, 1.54) is 12.5 Å². The van der Waals surface area contributed by atoms with Crippen molar-refractivity contribution in [1.82, 2.24) is 9.55 Å². The first-order chi connectivity index (χ1) is 14.1. The van der Waals surface area contributed by atoms with Crippen molar-refractivity contribution in [3.05, 3.63) is 60.1 Å². The van der Waals surface area contributed by atoms with Crippen LogP contribution in [0.15, 0.2) is 48.8 Å². The number of nitrogens with zero attached hydrogens (tertiary/aromatic N) is 2. The fourth-order valence-corrected chi connectivity index (χ4v) is 3.08. The molecule has 0 fully saturated rings. The largest absolute Gasteiger partial charge is 0.495 e. The van der Waals surface area contributed by atoms with Crippen LogP contribution in [0.5, 0.6) is 5.75 Å². The highest BCUT2D eigenvalue weighted by Crippen LogP contribution is 2.27. The van der Waals surface area contributed by atoms with Gasteiger partial charge < -0.3 is 23.5 Å². The van der Waals surface area contributed by atoms with E-state index in [1.807, 2.05) is 42.0 Å². The Kier molecular flexibility index (Phi) is 6.94. The molecule has 0 bridgehead atoms. The van der Waals surface area contributed by atoms with Crippen molar-refractivity contribution in [2.24, 2.45) is 0 Å². The summed E-state index contributed by atoms with van der Waals surface area (Å²) >= 11 is 0. The minimum atomic E-state index is -0.313. The number of hydrogen-bond acceptors (Lipinski definition) is 6. The van der Waals surface area contributed by atoms with Crippen molar-refractivity contribution in [2.75, 3.05) is 13.7 Å². The zero-order chi connectivity index (χ0) is 20.6. The van der Waals surface area contributed by atoms with Crippen LogP contribution in [0.25, 0.3) is 11.8 Å². The van der Waals surface area contributed by atoms with Crippen LogP contribution < -0.4 is 4.74 Å². The third-order valence-corrected chi connectivity index (χ3v) is 4.47. The molecule has 7 heteroatoms. The molecule has 0 saturated heterocycles. The topological polar surface area (TPSA) is 71.8 Å². The number of esters is 1. The van der Waals surface area contributed by atoms with E-state index in [0.717, 1.165) is 23.4 Å². The van der Waals surface area contributed by atoms with E-state index in [0.29, 0.717) is 30.8 Å². The van der Waals surface area contributed by atoms with E-state index < -0.39 is 0 Å². The molecule has 7 nitrogen and oxygen atoms in total. The van der Waals surface area contributed by atoms with Crippen LogP contribution >= 0.6 is 0 Å². The molecule has 1 aliphatic rings. The number of carbonyl (C=O) groups is 1. The van der Waals surface area contributed by atoms with E-state index in [2.05, 4.69) is 4.98 Å². The number of hydrogen-bond donors (Lipinski definition) is 0. The summed E-state index contributed by atoms with van der Waals surface area (Å²) in [5.74, 6) is 0.380. The fraction of sp³-hybridized carbons (Fsp3) is 0.364. The molecule has 0 radical (unpaired) electrons. The van der Waals surface area contributed by atoms with Gasteiger partial charge in [0.2, 0.25) is 6.29 Å². The van der Waals surface area contributed by atoms with Crippen LogP contribution in [0.3, 0.4) is 0 Å². The summed E-state index contributed by atoms with van der Waals surface area (Å²) in [5.41, 5.74) is 3.27. The first kappa shape index (κ1) is 20.5. The summed E-state index contributed by atoms with van der Waals surface area (Å²) in [4.78, 5) is 16.7. The zero-order valence-corrected chi connectivity index (χ0v) is 17.0. The van der Waals surface area contributed by atoms with Gasteiger partial charge in [0, 0.05) is 18.2 Å². The number of benzene rings is 1. The van der Waals surface area contributed by atoms with E-state index >= 15 is 0 Å². The second kappa shape index (κ2) is 9.82. The maximum Gasteiger partial charge on any atom is 0.334 e. The van der Waals surface area contributed by atoms with Gasteiger partial charge in [-0.3, -0.25) is 0 Å². The van der Waals surface area contributed by atoms with Gasteiger partial charge in [-0.1, -0.05) is 6.07 Å². The smallest absolute Gasteiger partial charge is 0.334 e. The van der Waals surface area contributed by atoms with Crippen LogP contribution in [-0.2, 0) is 19.0 Å². The number of aryl methyl sites for hydroxylation is 1. The standard InChI is InChI=1S/C22H26N2O5/c1-4-27-22(25)18(6-5-7-21-28-10-11-29-21)12-17-8-9-19(20(13-17)26-3)24-14-16(2)23-15-24/h8-15,21H,4-7H2,1-3H3/b18-12+. The van der Waals surface area contributed by atoms with Crippen LogP contribution in [0.4, 0.5) is 0 Å². The molecule has 2 aromatic rings. The quantitative estimate of drug-likeness (QED) is 0.467. The van der Waals surface area contributed by atoms with Gasteiger partial charge in [-0.15, -0.1) is 0 Å². The Labute approximate surface area is 170 Å². The van der Waals surface area contributed by atoms with Gasteiger partial charge >= 0.3 is 5.97 Å². The summed E-state index contributed by atoms with van der Waals surface area (Å²) in [7, 11) is 1.62. The number of rotatable bonds is 9. The lowest BCUT2D eigenvalue weighted by Crippen LogP contribution is -2.10. The molecule has 0 atom stereocenters. The lowest BCUT2D eigenvalue weighted by atomic mass is 10.0. The second-order valence-corrected chi connectivity index (χ2v) is 6.61. The number of methoxy groups -OCH3 is 1. The molecule has 0 saturated carbocycles. The molecule has 0 spiro atoms. The van der Waals surface area contributed by atoms with E-state index in [1.54, 1.807) is 20.4 Å². The first-order valence-corrected chi connectivity index (χ1v) is 9.63. The van der Waals surface area contributed by atoms with E-state index in [-0.39, 0.29) is 12.3 Å². The fourth-order valence-electron chi connectivity index (χ4n) is 3.08. The Balaban J connectivity index is 1.78. The molecule has 29 heavy (non-hydrogen) atoms. The van der Waals surface area contributed by atoms with Crippen LogP contribution in [-0.4, -0.2) is 35.5 Å². The van der Waals surface area contributed by atoms with Gasteiger partial charge in [-0.05, 0) is 50.5 Å². The van der Waals surface area contributed by atoms with Crippen molar-refractivity contribution < 1.29 is 23.7 Å². The normalized spacial score (nSPS) is 13.8. The number of carbonyl (C=O) groups excluding carboxylic acids is 1. The molecule has 1 aromatic carbocycles. The van der Waals surface area contributed by atoms with Crippen molar-refractivity contribution in [3.8, 4) is 11.4 Å². The molecule has 154 valence electrons. The SMILES string of the molecule is CCOC(=O)/C(=C/c1ccc(-n2cnc(C)c2)c(OC)c1)CCCC1OC=CO1. The van der Waals surface area contributed by atoms with Gasteiger partial charge in [0.15, 0.2) is 0 Å². The van der Waals surface area contributed by atoms with Crippen LogP contribution in [0, 0.1) is 6.92 Å². The highest BCUT2D eigenvalue weighted by molar-refractivity contribution is 5.93. The summed E-state index contributed by atoms with van der Waals surface area (Å²) in [5, 5.41) is 0. The number of aromatic nitrogens is 2. The Bertz CT molecular complexity index is 892. The summed E-state index contributed by atoms with van der Waals surface area (Å²) < 4.78 is 23.3. The molecule has 0 N–H and O–H groups in total. The number of ether oxygens (including phenoxy) is 4. The summed E-state index contributed by atoms with van der Waals surface area (Å²) in [6.07, 6.45) is 10.3. The van der Waals surface area contributed by atoms with Gasteiger partial charge in [0.05, 0.1) is 31.4 Å². The maximum atomic E-state index is 12.4. The van der Waals surface area contributed by atoms with Crippen LogP contribution in [0.1, 0.15) is 37.4 Å². The van der Waals surface area contributed by atoms with Crippen molar-refractivity contribution in [3.63, 3.8) is 0 Å². The highest BCUT2D eigenvalue weighted by atomic mass is 16.7. The third-order valence-electron chi connectivity index (χ3n) is 4.47. The molecule has 0 aliphatic carbocycles. The van der Waals surface area contributed by atoms with Gasteiger partial charge in [0.25, 0.3) is 0 Å². The minimum Gasteiger partial charge on any atom is -0.495 e. The third kappa shape index (κ3) is 5.40. The Morgan fingerprint density at radius 3 is 2.76 bits per heavy atom. The van der Waals surface area contributed by atoms with Gasteiger partial charge in [-0.25, -0.2) is 9.78 Å². The Morgan fingerprint density at radius 2 is 2.10 bits per heavy atom. The molecule has 1 aromatic heterocycles. The summed E-state index contributed by atoms with van der Waals surface area (Å²) in [6.45, 7) is 4.06. The molecular formula is C22H26N2O5. The van der Waals surface area contributed by atoms with Crippen molar-refractivity contribution in [1.29, 1.82) is 0 Å². The average Bonchev–Trinajstić information content (AvgIpc) is 3.39. The predicted octanol–water partition coefficient (Wildman–Crippen LogP) is 4.15. The highest BCUT2D eigenvalue weighted by Gasteiger charge is 2.16. The molecular weight excluding hydrogens is 372 g/mol. The Morgan fingerprint density at radius 1 is 1.31 bits per heavy atom. The van der Waals surface area contributed by atoms with E-state index in [9.17, 15) is 4.79 Å². The number of imidazole rings is 1. The van der Waals surface area contributed by atoms with Crippen LogP contribution in [0.2, 0.25) is 0 Å². The van der Waals surface area contributed by atoms with Crippen molar-refractivity contribution in [2.45, 2.75) is 39.4 Å². The second-order valence-electron chi connectivity index (χ2n) is 6.61. The lowest BCUT2D eigenvalue weighted by Gasteiger charge is -2.12. The monoisotopic (exact) mass is 398 g/mol. The first-order valence-electron chi connectivity index (χ1n) is 9.63. The molecule has 0 unspecified atom stereocenters. The average molecular weight is 398 g/mol. The Hall–Kier alpha value is -3.22. The molecule has 1 aliphatic heterocycles. The van der Waals surface area contributed by atoms with Crippen molar-refractivity contribution >= 4 is 12.0 Å². The van der Waals surface area contributed by atoms with Gasteiger partial charge in [-0.2, -0.15) is 0 Å². The van der Waals surface area contributed by atoms with Gasteiger partial charge in [0.1, 0.15) is 18.3 Å². The maximum absolute atomic E-state index is 12.4. The lowest BCUT2D eigenvalue weighted by molar-refractivity contribution is -0.138. The molecule has 0 amide bonds. The molecule has 3 rings (SSSR count). The van der Waals surface area contributed by atoms with E-state index in [4.69, 9.17) is 18.9 Å². The molecule has 2 heterocycles. The minimum absolute atomic E-state index is 0.281. The predicted molar refractivity (Wildman–Crippen MR) is 108 cm³/mol. The summed E-state index contributed by atoms with van der Waals surface area (Å²) in [6, 6.07) is 5.79. The zero-order valence-electron chi connectivity index (χ0n) is 17.0.